The van der Waals surface area contributed by atoms with E-state index in [-0.39, 0.29) is 61.1 Å². The maximum atomic E-state index is 11.9. The smallest absolute Gasteiger partial charge is 0.319 e. The first-order chi connectivity index (χ1) is 28.9. The number of ether oxygens (including phenoxy) is 5. The molecule has 3 unspecified atom stereocenters. The minimum atomic E-state index is -0.824. The molecule has 22 heteroatoms. The summed E-state index contributed by atoms with van der Waals surface area (Å²) in [5.41, 5.74) is 1.26. The molecule has 1 fully saturated rings. The van der Waals surface area contributed by atoms with Crippen molar-refractivity contribution in [3.63, 3.8) is 0 Å². The average Bonchev–Trinajstić information content (AvgIpc) is 3.23. The number of nitrogens with two attached hydrogens (primary N) is 1. The van der Waals surface area contributed by atoms with Crippen LogP contribution >= 0.6 is 0 Å². The van der Waals surface area contributed by atoms with E-state index in [1.165, 1.54) is 29.2 Å². The van der Waals surface area contributed by atoms with Crippen molar-refractivity contribution < 1.29 is 63.8 Å². The fraction of sp³-hybridized carbons (Fsp3) is 0.632. The van der Waals surface area contributed by atoms with Crippen LogP contribution in [-0.4, -0.2) is 189 Å². The number of benzene rings is 1. The Bertz CT molecular complexity index is 1400. The molecule has 1 aliphatic heterocycles. The number of aliphatic hydroxyl groups excluding tert-OH is 2. The highest BCUT2D eigenvalue weighted by Gasteiger charge is 2.28. The minimum Gasteiger partial charge on any atom is -0.508 e. The van der Waals surface area contributed by atoms with E-state index in [0.717, 1.165) is 19.1 Å². The Morgan fingerprint density at radius 2 is 1.55 bits per heavy atom. The number of aliphatic hydroxyl groups is 2. The summed E-state index contributed by atoms with van der Waals surface area (Å²) in [5.74, 6) is 5.19. The molecule has 1 aromatic carbocycles. The number of carbonyl (C=O) groups is 3. The van der Waals surface area contributed by atoms with Crippen molar-refractivity contribution >= 4 is 41.7 Å². The number of amides is 4. The first-order valence-electron chi connectivity index (χ1n) is 19.7. The highest BCUT2D eigenvalue weighted by molar-refractivity contribution is 6.30. The molecule has 340 valence electrons. The zero-order chi connectivity index (χ0) is 44.2. The maximum absolute atomic E-state index is 11.9. The molecule has 2 rings (SSSR count). The van der Waals surface area contributed by atoms with Crippen molar-refractivity contribution in [2.24, 2.45) is 15.9 Å². The second kappa shape index (κ2) is 35.2. The average molecular weight is 856 g/mol. The van der Waals surface area contributed by atoms with Crippen molar-refractivity contribution in [1.29, 1.82) is 5.41 Å². The Kier molecular flexibility index (Phi) is 31.3. The number of anilines is 1. The van der Waals surface area contributed by atoms with Gasteiger partial charge in [0.15, 0.2) is 0 Å². The lowest BCUT2D eigenvalue weighted by molar-refractivity contribution is -0.309. The molecule has 1 heterocycles. The van der Waals surface area contributed by atoms with E-state index in [1.54, 1.807) is 25.4 Å². The van der Waals surface area contributed by atoms with Gasteiger partial charge in [0.25, 0.3) is 0 Å². The van der Waals surface area contributed by atoms with Crippen molar-refractivity contribution in [3.8, 4) is 5.75 Å². The van der Waals surface area contributed by atoms with Crippen LogP contribution in [0.15, 0.2) is 46.5 Å². The number of phenols is 1. The molecule has 0 radical (unpaired) electrons. The number of allylic oxidation sites excluding steroid dienone is 1. The lowest BCUT2D eigenvalue weighted by atomic mass is 10.0. The number of hydroxylamine groups is 2. The zero-order valence-electron chi connectivity index (χ0n) is 34.4. The summed E-state index contributed by atoms with van der Waals surface area (Å²) in [6, 6.07) is 5.91. The molecule has 3 atom stereocenters. The van der Waals surface area contributed by atoms with Crippen LogP contribution in [0, 0.1) is 5.41 Å². The Hall–Kier alpha value is -4.62. The summed E-state index contributed by atoms with van der Waals surface area (Å²) in [4.78, 5) is 41.1. The molecule has 11 N–H and O–H groups in total. The number of hydrogen-bond acceptors (Lipinski definition) is 18. The molecular weight excluding hydrogens is 790 g/mol. The summed E-state index contributed by atoms with van der Waals surface area (Å²) >= 11 is 0. The fourth-order valence-electron chi connectivity index (χ4n) is 4.85. The third-order valence-corrected chi connectivity index (χ3v) is 8.21. The van der Waals surface area contributed by atoms with Crippen LogP contribution < -0.4 is 21.8 Å². The Morgan fingerprint density at radius 1 is 0.900 bits per heavy atom. The normalized spacial score (nSPS) is 16.7. The molecule has 1 aromatic rings. The SMILES string of the molecule is CN(CCNC(=O)CCOCCOCCOCCOCCN=C/C(CCCCNC(=O)Nc1ccc(O)cc1)=N\N)C(=O)/C=C\C=N.OC1COC(CCN(O)O)CC1O. The Morgan fingerprint density at radius 3 is 2.17 bits per heavy atom. The Labute approximate surface area is 350 Å². The second-order valence-corrected chi connectivity index (χ2v) is 13.1. The van der Waals surface area contributed by atoms with Gasteiger partial charge in [-0.1, -0.05) is 5.23 Å². The number of carbonyl (C=O) groups excluding carboxylic acids is 3. The predicted octanol–water partition coefficient (Wildman–Crippen LogP) is 0.274. The second-order valence-electron chi connectivity index (χ2n) is 13.1. The quantitative estimate of drug-likeness (QED) is 0.0124. The van der Waals surface area contributed by atoms with Crippen LogP contribution in [0.25, 0.3) is 0 Å². The molecule has 60 heavy (non-hydrogen) atoms. The molecule has 0 saturated carbocycles. The maximum Gasteiger partial charge on any atom is 0.319 e. The van der Waals surface area contributed by atoms with Gasteiger partial charge >= 0.3 is 6.03 Å². The summed E-state index contributed by atoms with van der Waals surface area (Å²) in [6.07, 6.45) is 6.60. The van der Waals surface area contributed by atoms with Crippen LogP contribution in [0.3, 0.4) is 0 Å². The van der Waals surface area contributed by atoms with Gasteiger partial charge in [0.2, 0.25) is 11.8 Å². The summed E-state index contributed by atoms with van der Waals surface area (Å²) in [7, 11) is 1.62. The van der Waals surface area contributed by atoms with Crippen LogP contribution in [0.4, 0.5) is 10.5 Å². The highest BCUT2D eigenvalue weighted by Crippen LogP contribution is 2.17. The number of aromatic hydroxyl groups is 1. The van der Waals surface area contributed by atoms with Crippen molar-refractivity contribution in [2.45, 2.75) is 56.8 Å². The molecule has 0 spiro atoms. The molecule has 0 aliphatic carbocycles. The number of unbranched alkanes of at least 4 members (excludes halogenated alkanes) is 1. The molecule has 1 saturated heterocycles. The van der Waals surface area contributed by atoms with E-state index >= 15 is 0 Å². The van der Waals surface area contributed by atoms with Gasteiger partial charge < -0.3 is 71.1 Å². The molecule has 0 bridgehead atoms. The van der Waals surface area contributed by atoms with E-state index in [0.29, 0.717) is 103 Å². The third kappa shape index (κ3) is 29.6. The number of nitrogens with zero attached hydrogens (tertiary/aromatic N) is 4. The lowest BCUT2D eigenvalue weighted by Crippen LogP contribution is -2.42. The molecule has 4 amide bonds. The van der Waals surface area contributed by atoms with Gasteiger partial charge in [0.1, 0.15) is 11.9 Å². The van der Waals surface area contributed by atoms with E-state index in [1.807, 2.05) is 0 Å². The summed E-state index contributed by atoms with van der Waals surface area (Å²) in [6.45, 7) is 4.99. The summed E-state index contributed by atoms with van der Waals surface area (Å²) < 4.78 is 26.9. The molecule has 0 aromatic heterocycles. The van der Waals surface area contributed by atoms with Crippen LogP contribution in [0.1, 0.15) is 38.5 Å². The van der Waals surface area contributed by atoms with Gasteiger partial charge in [-0.3, -0.25) is 25.0 Å². The first kappa shape index (κ1) is 53.4. The molecular formula is C38H65N9O13. The largest absolute Gasteiger partial charge is 0.508 e. The fourth-order valence-corrected chi connectivity index (χ4v) is 4.85. The monoisotopic (exact) mass is 855 g/mol. The number of aliphatic imine (C=N–C) groups is 1. The number of likely N-dealkylation sites (N-methyl/N-ethyl adjacent to an activating group) is 1. The number of rotatable bonds is 30. The Balaban J connectivity index is 0.00000117. The van der Waals surface area contributed by atoms with Gasteiger partial charge in [-0.2, -0.15) is 5.10 Å². The molecule has 1 aliphatic rings. The van der Waals surface area contributed by atoms with Gasteiger partial charge in [0.05, 0.1) is 90.5 Å². The predicted molar refractivity (Wildman–Crippen MR) is 222 cm³/mol. The van der Waals surface area contributed by atoms with Gasteiger partial charge in [-0.25, -0.2) is 4.79 Å². The minimum absolute atomic E-state index is 0.0630. The van der Waals surface area contributed by atoms with Gasteiger partial charge in [-0.05, 0) is 56.0 Å². The third-order valence-electron chi connectivity index (χ3n) is 8.21. The van der Waals surface area contributed by atoms with Crippen LogP contribution in [0.5, 0.6) is 5.75 Å². The highest BCUT2D eigenvalue weighted by atomic mass is 16.8. The van der Waals surface area contributed by atoms with Gasteiger partial charge in [0, 0.05) is 63.7 Å². The van der Waals surface area contributed by atoms with Crippen LogP contribution in [0.2, 0.25) is 0 Å². The van der Waals surface area contributed by atoms with E-state index in [2.05, 4.69) is 26.0 Å². The zero-order valence-corrected chi connectivity index (χ0v) is 34.4. The molecule has 22 nitrogen and oxygen atoms in total. The topological polar surface area (TPSA) is 316 Å². The van der Waals surface area contributed by atoms with E-state index < -0.39 is 12.2 Å². The standard InChI is InChI=1S/C31H50N8O8.C7H15NO5/c1-39(30(42)6-4-12-32)16-14-35-29(41)11-17-44-19-21-46-23-24-47-22-20-45-18-15-34-25-27(38-33)5-2-3-13-36-31(43)37-26-7-9-28(40)10-8-26;9-6-3-5(1-2-8(11)12)13-4-7(6)10/h4,6-10,12,25,32,40H,2-3,5,11,13-24,33H2,1H3,(H,35,41)(H2,36,37,43);5-7,9-12H,1-4H2/b6-4-,32-12?,34-25?,38-27-;. The van der Waals surface area contributed by atoms with Crippen LogP contribution in [-0.2, 0) is 33.3 Å². The van der Waals surface area contributed by atoms with Crippen molar-refractivity contribution in [1.82, 2.24) is 20.8 Å². The number of hydrogen-bond donors (Lipinski definition) is 10. The number of hydrazone groups is 1. The van der Waals surface area contributed by atoms with E-state index in [4.69, 9.17) is 50.5 Å². The van der Waals surface area contributed by atoms with Crippen molar-refractivity contribution in [3.05, 3.63) is 36.4 Å². The van der Waals surface area contributed by atoms with Gasteiger partial charge in [-0.15, -0.1) is 0 Å². The number of urea groups is 1. The summed E-state index contributed by atoms with van der Waals surface area (Å²) in [5, 5.41) is 63.4. The first-order valence-corrected chi connectivity index (χ1v) is 19.7. The van der Waals surface area contributed by atoms with Crippen molar-refractivity contribution in [2.75, 3.05) is 105 Å². The van der Waals surface area contributed by atoms with E-state index in [9.17, 15) is 24.6 Å². The number of nitrogens with one attached hydrogen (secondary N) is 4. The number of phenolic OH excluding ortho intramolecular Hbond substituents is 1. The lowest BCUT2D eigenvalue weighted by Gasteiger charge is -2.30.